The summed E-state index contributed by atoms with van der Waals surface area (Å²) in [6, 6.07) is -1.63. The minimum absolute atomic E-state index is 0.0268. The van der Waals surface area contributed by atoms with Gasteiger partial charge in [0.25, 0.3) is 5.91 Å². The number of carbonyl (C=O) groups excluding carboxylic acids is 3. The van der Waals surface area contributed by atoms with Crippen LogP contribution in [0.1, 0.15) is 39.3 Å². The summed E-state index contributed by atoms with van der Waals surface area (Å²) >= 11 is 0.965. The number of amides is 3. The molecule has 3 amide bonds. The number of carbonyl (C=O) groups is 4. The number of aliphatic carboxylic acids is 1. The smallest absolute Gasteiger partial charge is 0.413 e. The van der Waals surface area contributed by atoms with Gasteiger partial charge in [0.05, 0.1) is 6.04 Å². The largest absolute Gasteiger partial charge is 0.478 e. The van der Waals surface area contributed by atoms with Crippen LogP contribution in [-0.4, -0.2) is 69.5 Å². The van der Waals surface area contributed by atoms with E-state index in [4.69, 9.17) is 15.1 Å². The molecule has 0 unspecified atom stereocenters. The van der Waals surface area contributed by atoms with Crippen molar-refractivity contribution in [1.82, 2.24) is 15.6 Å². The second-order valence-electron chi connectivity index (χ2n) is 8.48. The van der Waals surface area contributed by atoms with Crippen LogP contribution in [0.3, 0.4) is 0 Å². The van der Waals surface area contributed by atoms with E-state index < -0.39 is 52.9 Å². The van der Waals surface area contributed by atoms with E-state index in [1.54, 1.807) is 20.8 Å². The summed E-state index contributed by atoms with van der Waals surface area (Å²) in [6.07, 6.45) is -0.340. The average molecular weight is 494 g/mol. The fraction of sp³-hybridized carbons (Fsp3) is 0.556. The maximum absolute atomic E-state index is 12.9. The van der Waals surface area contributed by atoms with Crippen LogP contribution in [0.2, 0.25) is 0 Å². The number of thiazole rings is 1. The lowest BCUT2D eigenvalue weighted by Gasteiger charge is -2.36. The molecule has 0 radical (unpaired) electrons. The van der Waals surface area contributed by atoms with Gasteiger partial charge in [-0.2, -0.15) is 0 Å². The summed E-state index contributed by atoms with van der Waals surface area (Å²) in [4.78, 5) is 60.1. The van der Waals surface area contributed by atoms with Crippen molar-refractivity contribution in [3.05, 3.63) is 21.5 Å². The Morgan fingerprint density at radius 3 is 2.68 bits per heavy atom. The molecule has 0 bridgehead atoms. The van der Waals surface area contributed by atoms with Crippen molar-refractivity contribution >= 4 is 46.1 Å². The van der Waals surface area contributed by atoms with Gasteiger partial charge in [-0.05, 0) is 26.3 Å². The number of ether oxygens (including phenoxy) is 1. The topological polar surface area (TPSA) is 217 Å². The van der Waals surface area contributed by atoms with Crippen LogP contribution < -0.4 is 16.0 Å². The first-order valence-corrected chi connectivity index (χ1v) is 10.9. The van der Waals surface area contributed by atoms with Crippen LogP contribution in [0, 0.1) is 0 Å². The maximum Gasteiger partial charge on any atom is 0.413 e. The lowest BCUT2D eigenvalue weighted by Crippen LogP contribution is -2.70. The number of β-lactam (4-membered cyclic amide) rings is 1. The zero-order valence-corrected chi connectivity index (χ0v) is 19.2. The van der Waals surface area contributed by atoms with E-state index in [0.717, 1.165) is 11.3 Å². The number of hydrogen-bond acceptors (Lipinski definition) is 10. The van der Waals surface area contributed by atoms with E-state index in [1.165, 1.54) is 5.38 Å². The normalized spacial score (nSPS) is 20.7. The molecule has 1 aromatic rings. The molecule has 1 saturated heterocycles. The van der Waals surface area contributed by atoms with Crippen LogP contribution in [-0.2, 0) is 24.0 Å². The van der Waals surface area contributed by atoms with Crippen molar-refractivity contribution in [3.63, 3.8) is 0 Å². The molecule has 1 saturated carbocycles. The minimum atomic E-state index is -1.53. The van der Waals surface area contributed by atoms with Gasteiger partial charge in [-0.1, -0.05) is 10.3 Å². The molecule has 1 aliphatic heterocycles. The SMILES string of the molecule is CC(C)(C)OC(=O)Nc1nc(C(=NOC2(C(=O)O)CC2)C(=O)N[C@@H]2C(=O)N[C@H]2CN=[N+]=[N-])cs1. The summed E-state index contributed by atoms with van der Waals surface area (Å²) in [7, 11) is 0. The van der Waals surface area contributed by atoms with Gasteiger partial charge in [-0.3, -0.25) is 14.9 Å². The summed E-state index contributed by atoms with van der Waals surface area (Å²) in [5.74, 6) is -2.60. The predicted octanol–water partition coefficient (Wildman–Crippen LogP) is 1.12. The van der Waals surface area contributed by atoms with Gasteiger partial charge in [0.2, 0.25) is 11.5 Å². The fourth-order valence-corrected chi connectivity index (χ4v) is 3.40. The monoisotopic (exact) mass is 494 g/mol. The van der Waals surface area contributed by atoms with Gasteiger partial charge in [-0.25, -0.2) is 14.6 Å². The number of aromatic nitrogens is 1. The van der Waals surface area contributed by atoms with Gasteiger partial charge in [0.1, 0.15) is 17.3 Å². The first-order valence-electron chi connectivity index (χ1n) is 10.0. The standard InChI is InChI=1S/C18H22N8O7S/c1-17(2,3)32-16(31)24-15-22-9(7-34-15)11(25-33-18(4-5-18)14(29)30)13(28)23-10-8(6-20-26-19)21-12(10)27/h7-8,10H,4-6H2,1-3H3,(H,21,27)(H,23,28)(H,29,30)(H,22,24,31)/t8-,10-/m0/s1. The molecule has 182 valence electrons. The number of anilines is 1. The Bertz CT molecular complexity index is 1080. The van der Waals surface area contributed by atoms with Crippen LogP contribution in [0.5, 0.6) is 0 Å². The molecular formula is C18H22N8O7S. The molecule has 2 aliphatic rings. The van der Waals surface area contributed by atoms with Crippen LogP contribution in [0.15, 0.2) is 15.7 Å². The second-order valence-corrected chi connectivity index (χ2v) is 9.33. The number of oxime groups is 1. The molecule has 1 aliphatic carbocycles. The third kappa shape index (κ3) is 5.90. The first kappa shape index (κ1) is 24.7. The molecule has 4 N–H and O–H groups in total. The predicted molar refractivity (Wildman–Crippen MR) is 117 cm³/mol. The Morgan fingerprint density at radius 2 is 2.12 bits per heavy atom. The molecule has 1 aromatic heterocycles. The first-order chi connectivity index (χ1) is 15.9. The van der Waals surface area contributed by atoms with Gasteiger partial charge in [-0.15, -0.1) is 11.3 Å². The van der Waals surface area contributed by atoms with Crippen molar-refractivity contribution in [2.45, 2.75) is 56.9 Å². The van der Waals surface area contributed by atoms with E-state index in [9.17, 15) is 24.3 Å². The Kier molecular flexibility index (Phi) is 6.93. The highest BCUT2D eigenvalue weighted by Crippen LogP contribution is 2.40. The highest BCUT2D eigenvalue weighted by atomic mass is 32.1. The number of carboxylic acids is 1. The Labute approximate surface area is 196 Å². The average Bonchev–Trinajstić information content (AvgIpc) is 3.40. The van der Waals surface area contributed by atoms with E-state index in [2.05, 4.69) is 36.1 Å². The Balaban J connectivity index is 1.79. The van der Waals surface area contributed by atoms with E-state index in [0.29, 0.717) is 0 Å². The molecule has 0 spiro atoms. The van der Waals surface area contributed by atoms with Crippen LogP contribution in [0.4, 0.5) is 9.93 Å². The zero-order chi connectivity index (χ0) is 25.1. The Morgan fingerprint density at radius 1 is 1.41 bits per heavy atom. The molecular weight excluding hydrogens is 472 g/mol. The summed E-state index contributed by atoms with van der Waals surface area (Å²) in [5, 5.41) is 25.3. The van der Waals surface area contributed by atoms with Crippen molar-refractivity contribution in [3.8, 4) is 0 Å². The molecule has 3 rings (SSSR count). The minimum Gasteiger partial charge on any atom is -0.478 e. The van der Waals surface area contributed by atoms with Crippen LogP contribution >= 0.6 is 11.3 Å². The highest BCUT2D eigenvalue weighted by molar-refractivity contribution is 7.14. The molecule has 2 atom stereocenters. The lowest BCUT2D eigenvalue weighted by molar-refractivity contribution is -0.153. The third-order valence-corrected chi connectivity index (χ3v) is 5.37. The highest BCUT2D eigenvalue weighted by Gasteiger charge is 2.54. The van der Waals surface area contributed by atoms with Crippen molar-refractivity contribution in [1.29, 1.82) is 0 Å². The number of carboxylic acid groups (broad SMARTS) is 1. The van der Waals surface area contributed by atoms with Gasteiger partial charge >= 0.3 is 12.1 Å². The van der Waals surface area contributed by atoms with Gasteiger partial charge in [0, 0.05) is 29.7 Å². The van der Waals surface area contributed by atoms with Crippen LogP contribution in [0.25, 0.3) is 10.4 Å². The van der Waals surface area contributed by atoms with Crippen molar-refractivity contribution in [2.24, 2.45) is 10.3 Å². The van der Waals surface area contributed by atoms with Crippen molar-refractivity contribution in [2.75, 3.05) is 11.9 Å². The number of nitrogens with one attached hydrogen (secondary N) is 3. The quantitative estimate of drug-likeness (QED) is 0.0971. The summed E-state index contributed by atoms with van der Waals surface area (Å²) in [5.41, 5.74) is 5.76. The van der Waals surface area contributed by atoms with E-state index in [-0.39, 0.29) is 30.2 Å². The fourth-order valence-electron chi connectivity index (χ4n) is 2.72. The molecule has 16 heteroatoms. The number of hydrogen-bond donors (Lipinski definition) is 4. The lowest BCUT2D eigenvalue weighted by atomic mass is 9.99. The molecule has 15 nitrogen and oxygen atoms in total. The maximum atomic E-state index is 12.9. The summed E-state index contributed by atoms with van der Waals surface area (Å²) in [6.45, 7) is 4.98. The number of rotatable bonds is 9. The van der Waals surface area contributed by atoms with E-state index >= 15 is 0 Å². The van der Waals surface area contributed by atoms with E-state index in [1.807, 2.05) is 0 Å². The zero-order valence-electron chi connectivity index (χ0n) is 18.4. The number of azide groups is 1. The van der Waals surface area contributed by atoms with Gasteiger partial charge in [0.15, 0.2) is 10.8 Å². The third-order valence-electron chi connectivity index (χ3n) is 4.62. The van der Waals surface area contributed by atoms with Gasteiger partial charge < -0.3 is 25.3 Å². The molecule has 2 heterocycles. The Hall–Kier alpha value is -3.91. The summed E-state index contributed by atoms with van der Waals surface area (Å²) < 4.78 is 5.15. The molecule has 2 fully saturated rings. The van der Waals surface area contributed by atoms with Crippen molar-refractivity contribution < 1.29 is 33.9 Å². The molecule has 34 heavy (non-hydrogen) atoms. The number of nitrogens with zero attached hydrogens (tertiary/aromatic N) is 5. The second kappa shape index (κ2) is 9.52. The molecule has 0 aromatic carbocycles.